The van der Waals surface area contributed by atoms with E-state index in [4.69, 9.17) is 0 Å². The Labute approximate surface area is 296 Å². The Bertz CT molecular complexity index is 2290. The van der Waals surface area contributed by atoms with Crippen LogP contribution in [0.1, 0.15) is 46.4 Å². The Morgan fingerprint density at radius 2 is 0.942 bits per heavy atom. The standard InChI is InChI=1S/C35H26N4O11S2/c40-23-9-11-25-27(17-23)31(51(45,46)47)15-13-29(25)38-33(42)19-1-5-21(6-2-19)36-35(44)37-22-7-3-20(4-8-22)34(43)39-30-14-16-32(52(48,49)50)28-18-24(41)10-12-26(28)30/h1-8,11-16H,9-10,17-18H2,(H2,36,37,44)(H,45,46,47)(H,48,49,50). The van der Waals surface area contributed by atoms with Crippen LogP contribution in [0.3, 0.4) is 0 Å². The number of benzene rings is 2. The summed E-state index contributed by atoms with van der Waals surface area (Å²) in [5, 5.41) is 5.21. The van der Waals surface area contributed by atoms with Crippen molar-refractivity contribution in [1.29, 1.82) is 0 Å². The van der Waals surface area contributed by atoms with Crippen LogP contribution >= 0.6 is 0 Å². The van der Waals surface area contributed by atoms with E-state index in [1.807, 2.05) is 0 Å². The SMILES string of the molecule is O=C1CC=C2C(=NC(=O)c3ccc(NC(=O)Nc4ccc(C(=O)N=C5C=CC(S(=O)(=O)O)=C6CC(=O)CC=C56)cc4)cc3)C=CC(S(=O)(=O)O)=C2C1. The first kappa shape index (κ1) is 35.8. The molecule has 0 bridgehead atoms. The number of carbonyl (C=O) groups is 5. The number of amides is 4. The molecule has 4 aliphatic rings. The summed E-state index contributed by atoms with van der Waals surface area (Å²) < 4.78 is 66.3. The van der Waals surface area contributed by atoms with Gasteiger partial charge in [0.1, 0.15) is 11.6 Å². The van der Waals surface area contributed by atoms with Crippen LogP contribution in [-0.2, 0) is 29.8 Å². The maximum absolute atomic E-state index is 12.9. The Hall–Kier alpha value is -6.01. The van der Waals surface area contributed by atoms with Crippen LogP contribution in [0.15, 0.2) is 127 Å². The van der Waals surface area contributed by atoms with Gasteiger partial charge in [-0.15, -0.1) is 0 Å². The lowest BCUT2D eigenvalue weighted by Gasteiger charge is -2.21. The van der Waals surface area contributed by atoms with Gasteiger partial charge in [-0.05, 0) is 84.0 Å². The zero-order valence-electron chi connectivity index (χ0n) is 26.7. The molecule has 0 radical (unpaired) electrons. The third kappa shape index (κ3) is 7.82. The molecular formula is C35H26N4O11S2. The van der Waals surface area contributed by atoms with Gasteiger partial charge >= 0.3 is 6.03 Å². The van der Waals surface area contributed by atoms with Gasteiger partial charge in [0, 0.05) is 59.3 Å². The molecule has 4 N–H and O–H groups in total. The number of rotatable bonds is 6. The summed E-state index contributed by atoms with van der Waals surface area (Å²) >= 11 is 0. The topological polar surface area (TPSA) is 243 Å². The fourth-order valence-electron chi connectivity index (χ4n) is 5.77. The van der Waals surface area contributed by atoms with E-state index in [0.717, 1.165) is 12.2 Å². The first-order chi connectivity index (χ1) is 24.6. The number of hydrogen-bond donors (Lipinski definition) is 4. The van der Waals surface area contributed by atoms with E-state index in [0.29, 0.717) is 11.4 Å². The number of aliphatic imine (C=N–C) groups is 2. The van der Waals surface area contributed by atoms with Crippen LogP contribution < -0.4 is 10.6 Å². The van der Waals surface area contributed by atoms with Gasteiger partial charge in [0.25, 0.3) is 32.1 Å². The Kier molecular flexibility index (Phi) is 9.61. The third-order valence-corrected chi connectivity index (χ3v) is 10.1. The molecule has 0 heterocycles. The number of carbonyl (C=O) groups excluding carboxylic acids is 5. The summed E-state index contributed by atoms with van der Waals surface area (Å²) in [6.45, 7) is 0. The molecule has 2 aromatic carbocycles. The van der Waals surface area contributed by atoms with E-state index in [9.17, 15) is 49.9 Å². The summed E-state index contributed by atoms with van der Waals surface area (Å²) in [6.07, 6.45) is 7.21. The van der Waals surface area contributed by atoms with Gasteiger partial charge in [0.15, 0.2) is 0 Å². The molecular weight excluding hydrogens is 717 g/mol. The van der Waals surface area contributed by atoms with Crippen molar-refractivity contribution in [1.82, 2.24) is 0 Å². The molecule has 0 saturated carbocycles. The van der Waals surface area contributed by atoms with Crippen LogP contribution in [0.25, 0.3) is 0 Å². The van der Waals surface area contributed by atoms with Crippen LogP contribution in [0, 0.1) is 0 Å². The molecule has 52 heavy (non-hydrogen) atoms. The second-order valence-corrected chi connectivity index (χ2v) is 14.5. The van der Waals surface area contributed by atoms with E-state index in [1.54, 1.807) is 0 Å². The second-order valence-electron chi connectivity index (χ2n) is 11.7. The normalized spacial score (nSPS) is 18.9. The quantitative estimate of drug-likeness (QED) is 0.300. The smallest absolute Gasteiger partial charge is 0.308 e. The Morgan fingerprint density at radius 3 is 1.29 bits per heavy atom. The minimum absolute atomic E-state index is 0.0172. The first-order valence-electron chi connectivity index (χ1n) is 15.3. The number of nitrogens with one attached hydrogen (secondary N) is 2. The predicted molar refractivity (Wildman–Crippen MR) is 189 cm³/mol. The Morgan fingerprint density at radius 1 is 0.577 bits per heavy atom. The lowest BCUT2D eigenvalue weighted by atomic mass is 9.86. The van der Waals surface area contributed by atoms with Crippen LogP contribution in [0.2, 0.25) is 0 Å². The van der Waals surface area contributed by atoms with E-state index in [1.165, 1.54) is 72.8 Å². The number of urea groups is 1. The average molecular weight is 743 g/mol. The lowest BCUT2D eigenvalue weighted by Crippen LogP contribution is -2.21. The van der Waals surface area contributed by atoms with Gasteiger partial charge < -0.3 is 10.6 Å². The van der Waals surface area contributed by atoms with Gasteiger partial charge in [0.2, 0.25) is 0 Å². The molecule has 17 heteroatoms. The number of allylic oxidation sites excluding steroid dienone is 10. The summed E-state index contributed by atoms with van der Waals surface area (Å²) in [6, 6.07) is 10.9. The molecule has 0 fully saturated rings. The molecule has 0 unspecified atom stereocenters. The van der Waals surface area contributed by atoms with E-state index < -0.39 is 47.9 Å². The molecule has 0 atom stereocenters. The molecule has 15 nitrogen and oxygen atoms in total. The number of anilines is 2. The summed E-state index contributed by atoms with van der Waals surface area (Å²) in [5.41, 5.74) is 1.89. The molecule has 264 valence electrons. The fourth-order valence-corrected chi connectivity index (χ4v) is 7.23. The van der Waals surface area contributed by atoms with Crippen molar-refractivity contribution in [3.63, 3.8) is 0 Å². The highest BCUT2D eigenvalue weighted by Gasteiger charge is 2.31. The lowest BCUT2D eigenvalue weighted by molar-refractivity contribution is -0.118. The summed E-state index contributed by atoms with van der Waals surface area (Å²) in [5.74, 6) is -1.85. The van der Waals surface area contributed by atoms with Crippen molar-refractivity contribution in [2.45, 2.75) is 25.7 Å². The van der Waals surface area contributed by atoms with Crippen molar-refractivity contribution in [3.05, 3.63) is 128 Å². The van der Waals surface area contributed by atoms with Crippen molar-refractivity contribution >= 4 is 72.4 Å². The van der Waals surface area contributed by atoms with Crippen molar-refractivity contribution in [3.8, 4) is 0 Å². The number of fused-ring (bicyclic) bond motifs is 2. The Balaban J connectivity index is 1.08. The second kappa shape index (κ2) is 14.0. The third-order valence-electron chi connectivity index (χ3n) is 8.18. The highest BCUT2D eigenvalue weighted by Crippen LogP contribution is 2.34. The highest BCUT2D eigenvalue weighted by atomic mass is 32.2. The zero-order chi connectivity index (χ0) is 37.4. The highest BCUT2D eigenvalue weighted by molar-refractivity contribution is 7.90. The van der Waals surface area contributed by atoms with Crippen LogP contribution in [-0.4, -0.2) is 66.8 Å². The van der Waals surface area contributed by atoms with E-state index in [-0.39, 0.29) is 82.1 Å². The molecule has 2 aromatic rings. The van der Waals surface area contributed by atoms with Crippen molar-refractivity contribution in [2.24, 2.45) is 9.98 Å². The number of hydrogen-bond acceptors (Lipinski definition) is 9. The van der Waals surface area contributed by atoms with Gasteiger partial charge in [-0.1, -0.05) is 12.2 Å². The number of ketones is 2. The molecule has 4 aliphatic carbocycles. The molecule has 4 amide bonds. The van der Waals surface area contributed by atoms with E-state index in [2.05, 4.69) is 20.6 Å². The molecule has 0 spiro atoms. The van der Waals surface area contributed by atoms with Gasteiger partial charge in [0.05, 0.1) is 21.2 Å². The zero-order valence-corrected chi connectivity index (χ0v) is 28.3. The van der Waals surface area contributed by atoms with E-state index >= 15 is 0 Å². The molecule has 6 rings (SSSR count). The van der Waals surface area contributed by atoms with Crippen LogP contribution in [0.5, 0.6) is 0 Å². The predicted octanol–water partition coefficient (Wildman–Crippen LogP) is 4.50. The number of Topliss-reactive ketones (excluding diaryl/α,β-unsaturated/α-hetero) is 2. The maximum atomic E-state index is 12.9. The largest absolute Gasteiger partial charge is 0.323 e. The summed E-state index contributed by atoms with van der Waals surface area (Å²) in [7, 11) is -9.22. The average Bonchev–Trinajstić information content (AvgIpc) is 3.07. The van der Waals surface area contributed by atoms with Gasteiger partial charge in [-0.2, -0.15) is 16.8 Å². The summed E-state index contributed by atoms with van der Waals surface area (Å²) in [4.78, 5) is 69.7. The molecule has 0 aliphatic heterocycles. The van der Waals surface area contributed by atoms with Crippen molar-refractivity contribution < 1.29 is 49.9 Å². The van der Waals surface area contributed by atoms with Crippen LogP contribution in [0.4, 0.5) is 16.2 Å². The first-order valence-corrected chi connectivity index (χ1v) is 18.2. The molecule has 0 aromatic heterocycles. The number of nitrogens with zero attached hydrogens (tertiary/aromatic N) is 2. The monoisotopic (exact) mass is 742 g/mol. The molecule has 0 saturated heterocycles. The van der Waals surface area contributed by atoms with Gasteiger partial charge in [-0.25, -0.2) is 14.8 Å². The fraction of sp³-hybridized carbons (Fsp3) is 0.114. The van der Waals surface area contributed by atoms with Gasteiger partial charge in [-0.3, -0.25) is 28.3 Å². The minimum atomic E-state index is -4.61. The van der Waals surface area contributed by atoms with Crippen molar-refractivity contribution in [2.75, 3.05) is 10.6 Å². The minimum Gasteiger partial charge on any atom is -0.308 e. The maximum Gasteiger partial charge on any atom is 0.323 e.